The molecule has 0 aliphatic heterocycles. The first-order valence-electron chi connectivity index (χ1n) is 5.25. The van der Waals surface area contributed by atoms with E-state index in [1.807, 2.05) is 0 Å². The zero-order valence-corrected chi connectivity index (χ0v) is 9.53. The first kappa shape index (κ1) is 10.5. The van der Waals surface area contributed by atoms with Crippen LogP contribution in [0, 0.1) is 0 Å². The van der Waals surface area contributed by atoms with Gasteiger partial charge in [-0.15, -0.1) is 10.2 Å². The van der Waals surface area contributed by atoms with Gasteiger partial charge in [-0.05, 0) is 18.2 Å². The molecule has 0 aromatic carbocycles. The van der Waals surface area contributed by atoms with E-state index in [-0.39, 0.29) is 0 Å². The topological polar surface area (TPSA) is 69.6 Å². The van der Waals surface area contributed by atoms with Gasteiger partial charge in [0.15, 0.2) is 11.5 Å². The van der Waals surface area contributed by atoms with Crippen LogP contribution in [0.4, 0.5) is 0 Å². The second-order valence-electron chi connectivity index (χ2n) is 3.67. The first-order chi connectivity index (χ1) is 8.79. The average Bonchev–Trinajstić information content (AvgIpc) is 3.05. The number of nitrogens with zero attached hydrogens (tertiary/aromatic N) is 3. The maximum atomic E-state index is 11.5. The number of carbonyl (C=O) groups excluding carboxylic acids is 1. The summed E-state index contributed by atoms with van der Waals surface area (Å²) in [6, 6.07) is 5.14. The van der Waals surface area contributed by atoms with Crippen LogP contribution in [-0.2, 0) is 4.74 Å². The molecular weight excluding hydrogens is 234 g/mol. The van der Waals surface area contributed by atoms with E-state index in [4.69, 9.17) is 4.42 Å². The van der Waals surface area contributed by atoms with E-state index in [1.165, 1.54) is 7.11 Å². The molecule has 0 saturated heterocycles. The Labute approximate surface area is 102 Å². The highest BCUT2D eigenvalue weighted by Gasteiger charge is 2.12. The molecule has 0 amide bonds. The number of hydrogen-bond acceptors (Lipinski definition) is 5. The summed E-state index contributed by atoms with van der Waals surface area (Å²) in [5.74, 6) is 0.216. The molecule has 0 aliphatic rings. The van der Waals surface area contributed by atoms with E-state index in [0.29, 0.717) is 17.0 Å². The highest BCUT2D eigenvalue weighted by Crippen LogP contribution is 2.19. The number of fused-ring (bicyclic) bond motifs is 1. The predicted octanol–water partition coefficient (Wildman–Crippen LogP) is 1.78. The molecule has 0 spiro atoms. The second kappa shape index (κ2) is 3.99. The molecule has 3 aromatic heterocycles. The normalized spacial score (nSPS) is 10.7. The molecular formula is C12H9N3O3. The summed E-state index contributed by atoms with van der Waals surface area (Å²) in [6.45, 7) is 0. The van der Waals surface area contributed by atoms with E-state index < -0.39 is 5.97 Å². The molecule has 3 heterocycles. The molecule has 0 N–H and O–H groups in total. The van der Waals surface area contributed by atoms with Crippen LogP contribution in [0.2, 0.25) is 0 Å². The van der Waals surface area contributed by atoms with Crippen LogP contribution in [-0.4, -0.2) is 27.7 Å². The summed E-state index contributed by atoms with van der Waals surface area (Å²) >= 11 is 0. The van der Waals surface area contributed by atoms with Gasteiger partial charge in [0, 0.05) is 6.20 Å². The Kier molecular flexibility index (Phi) is 2.33. The molecule has 0 atom stereocenters. The molecule has 0 aliphatic carbocycles. The van der Waals surface area contributed by atoms with E-state index in [2.05, 4.69) is 14.9 Å². The lowest BCUT2D eigenvalue weighted by molar-refractivity contribution is 0.0600. The highest BCUT2D eigenvalue weighted by molar-refractivity contribution is 5.89. The van der Waals surface area contributed by atoms with Crippen molar-refractivity contribution >= 4 is 11.6 Å². The van der Waals surface area contributed by atoms with Gasteiger partial charge >= 0.3 is 5.97 Å². The average molecular weight is 243 g/mol. The molecule has 90 valence electrons. The third-order valence-corrected chi connectivity index (χ3v) is 2.60. The standard InChI is InChI=1S/C12H9N3O3/c1-17-12(16)8-2-3-10-13-14-11(15(10)6-8)9-4-5-18-7-9/h2-7H,1H3. The van der Waals surface area contributed by atoms with Crippen molar-refractivity contribution in [3.05, 3.63) is 42.5 Å². The van der Waals surface area contributed by atoms with Gasteiger partial charge in [0.05, 0.1) is 24.5 Å². The van der Waals surface area contributed by atoms with Crippen LogP contribution < -0.4 is 0 Å². The molecule has 0 saturated carbocycles. The predicted molar refractivity (Wildman–Crippen MR) is 62.0 cm³/mol. The van der Waals surface area contributed by atoms with Gasteiger partial charge in [-0.2, -0.15) is 0 Å². The Bertz CT molecular complexity index is 701. The third kappa shape index (κ3) is 1.55. The third-order valence-electron chi connectivity index (χ3n) is 2.60. The summed E-state index contributed by atoms with van der Waals surface area (Å²) in [6.07, 6.45) is 4.77. The first-order valence-corrected chi connectivity index (χ1v) is 5.25. The molecule has 6 nitrogen and oxygen atoms in total. The number of furan rings is 1. The molecule has 0 bridgehead atoms. The minimum atomic E-state index is -0.399. The van der Waals surface area contributed by atoms with Gasteiger partial charge in [-0.1, -0.05) is 0 Å². The van der Waals surface area contributed by atoms with Crippen molar-refractivity contribution in [2.24, 2.45) is 0 Å². The largest absolute Gasteiger partial charge is 0.472 e. The number of esters is 1. The van der Waals surface area contributed by atoms with E-state index in [1.54, 1.807) is 41.3 Å². The summed E-state index contributed by atoms with van der Waals surface area (Å²) < 4.78 is 11.4. The van der Waals surface area contributed by atoms with Gasteiger partial charge in [-0.25, -0.2) is 4.79 Å². The zero-order valence-electron chi connectivity index (χ0n) is 9.53. The molecule has 0 fully saturated rings. The van der Waals surface area contributed by atoms with Crippen molar-refractivity contribution in [3.8, 4) is 11.4 Å². The molecule has 3 rings (SSSR count). The fourth-order valence-corrected chi connectivity index (χ4v) is 1.72. The number of ether oxygens (including phenoxy) is 1. The van der Waals surface area contributed by atoms with Crippen LogP contribution in [0.1, 0.15) is 10.4 Å². The van der Waals surface area contributed by atoms with Crippen molar-refractivity contribution < 1.29 is 13.9 Å². The van der Waals surface area contributed by atoms with Crippen LogP contribution in [0.15, 0.2) is 41.3 Å². The monoisotopic (exact) mass is 243 g/mol. The van der Waals surface area contributed by atoms with E-state index in [9.17, 15) is 4.79 Å². The molecule has 0 radical (unpaired) electrons. The fourth-order valence-electron chi connectivity index (χ4n) is 1.72. The quantitative estimate of drug-likeness (QED) is 0.641. The Balaban J connectivity index is 2.19. The minimum Gasteiger partial charge on any atom is -0.472 e. The van der Waals surface area contributed by atoms with Crippen LogP contribution in [0.5, 0.6) is 0 Å². The second-order valence-corrected chi connectivity index (χ2v) is 3.67. The van der Waals surface area contributed by atoms with Gasteiger partial charge in [-0.3, -0.25) is 4.40 Å². The number of carbonyl (C=O) groups is 1. The van der Waals surface area contributed by atoms with E-state index >= 15 is 0 Å². The number of rotatable bonds is 2. The summed E-state index contributed by atoms with van der Waals surface area (Å²) in [5.41, 5.74) is 1.89. The number of hydrogen-bond donors (Lipinski definition) is 0. The summed E-state index contributed by atoms with van der Waals surface area (Å²) in [5, 5.41) is 8.08. The van der Waals surface area contributed by atoms with E-state index in [0.717, 1.165) is 5.56 Å². The lowest BCUT2D eigenvalue weighted by atomic mass is 10.2. The van der Waals surface area contributed by atoms with Crippen LogP contribution in [0.25, 0.3) is 17.0 Å². The molecule has 6 heteroatoms. The van der Waals surface area contributed by atoms with Crippen LogP contribution >= 0.6 is 0 Å². The SMILES string of the molecule is COC(=O)c1ccc2nnc(-c3ccoc3)n2c1. The Morgan fingerprint density at radius 3 is 2.94 bits per heavy atom. The smallest absolute Gasteiger partial charge is 0.339 e. The van der Waals surface area contributed by atoms with Gasteiger partial charge < -0.3 is 9.15 Å². The highest BCUT2D eigenvalue weighted by atomic mass is 16.5. The minimum absolute atomic E-state index is 0.399. The maximum Gasteiger partial charge on any atom is 0.339 e. The van der Waals surface area contributed by atoms with Gasteiger partial charge in [0.2, 0.25) is 0 Å². The lowest BCUT2D eigenvalue weighted by Crippen LogP contribution is -2.03. The van der Waals surface area contributed by atoms with Crippen molar-refractivity contribution in [3.63, 3.8) is 0 Å². The van der Waals surface area contributed by atoms with Gasteiger partial charge in [0.1, 0.15) is 6.26 Å². The Hall–Kier alpha value is -2.63. The molecule has 3 aromatic rings. The number of aromatic nitrogens is 3. The van der Waals surface area contributed by atoms with Crippen molar-refractivity contribution in [1.82, 2.24) is 14.6 Å². The Morgan fingerprint density at radius 2 is 2.22 bits per heavy atom. The summed E-state index contributed by atoms with van der Waals surface area (Å²) in [7, 11) is 1.34. The number of methoxy groups -OCH3 is 1. The fraction of sp³-hybridized carbons (Fsp3) is 0.0833. The molecule has 18 heavy (non-hydrogen) atoms. The van der Waals surface area contributed by atoms with Crippen molar-refractivity contribution in [1.29, 1.82) is 0 Å². The Morgan fingerprint density at radius 1 is 1.33 bits per heavy atom. The number of pyridine rings is 1. The van der Waals surface area contributed by atoms with Gasteiger partial charge in [0.25, 0.3) is 0 Å². The zero-order chi connectivity index (χ0) is 12.5. The molecule has 0 unspecified atom stereocenters. The van der Waals surface area contributed by atoms with Crippen molar-refractivity contribution in [2.45, 2.75) is 0 Å². The van der Waals surface area contributed by atoms with Crippen molar-refractivity contribution in [2.75, 3.05) is 7.11 Å². The maximum absolute atomic E-state index is 11.5. The lowest BCUT2D eigenvalue weighted by Gasteiger charge is -2.01. The summed E-state index contributed by atoms with van der Waals surface area (Å²) in [4.78, 5) is 11.5. The van der Waals surface area contributed by atoms with Crippen LogP contribution in [0.3, 0.4) is 0 Å².